The molecule has 0 N–H and O–H groups in total. The zero-order chi connectivity index (χ0) is 12.6. The van der Waals surface area contributed by atoms with Crippen molar-refractivity contribution in [1.29, 1.82) is 0 Å². The second-order valence-electron chi connectivity index (χ2n) is 6.68. The molecular weight excluding hydrogens is 222 g/mol. The van der Waals surface area contributed by atoms with Gasteiger partial charge in [-0.15, -0.1) is 0 Å². The summed E-state index contributed by atoms with van der Waals surface area (Å²) in [6.07, 6.45) is 13.9. The van der Waals surface area contributed by atoms with Gasteiger partial charge in [0, 0.05) is 18.0 Å². The number of nitrogens with zero attached hydrogens (tertiary/aromatic N) is 1. The number of piperidine rings is 1. The molecule has 0 aromatic heterocycles. The van der Waals surface area contributed by atoms with E-state index in [0.29, 0.717) is 17.5 Å². The van der Waals surface area contributed by atoms with E-state index >= 15 is 0 Å². The highest BCUT2D eigenvalue weighted by atomic mass is 16.2. The lowest BCUT2D eigenvalue weighted by Gasteiger charge is -2.54. The second kappa shape index (κ2) is 4.86. The molecule has 0 bridgehead atoms. The fraction of sp³-hybridized carbons (Fsp3) is 0.938. The maximum atomic E-state index is 12.4. The SMILES string of the molecule is CCCC[C@H]1CC[C@H]2CCCC[C@@]23CCC(=O)N13. The third kappa shape index (κ3) is 1.80. The summed E-state index contributed by atoms with van der Waals surface area (Å²) in [5, 5.41) is 0. The van der Waals surface area contributed by atoms with E-state index in [1.54, 1.807) is 0 Å². The van der Waals surface area contributed by atoms with Crippen LogP contribution in [0.1, 0.15) is 77.6 Å². The highest BCUT2D eigenvalue weighted by Gasteiger charge is 2.55. The Morgan fingerprint density at radius 2 is 2.11 bits per heavy atom. The van der Waals surface area contributed by atoms with Crippen LogP contribution in [-0.4, -0.2) is 22.4 Å². The summed E-state index contributed by atoms with van der Waals surface area (Å²) in [5.74, 6) is 1.30. The predicted molar refractivity (Wildman–Crippen MR) is 73.3 cm³/mol. The standard InChI is InChI=1S/C16H27NO/c1-2-3-7-14-9-8-13-6-4-5-11-16(13)12-10-15(18)17(14)16/h13-14H,2-12H2,1H3/t13-,14+,16-/m1/s1. The van der Waals surface area contributed by atoms with Crippen molar-refractivity contribution in [3.05, 3.63) is 0 Å². The Balaban J connectivity index is 1.83. The summed E-state index contributed by atoms with van der Waals surface area (Å²) < 4.78 is 0. The summed E-state index contributed by atoms with van der Waals surface area (Å²) in [6.45, 7) is 2.26. The molecule has 0 aromatic rings. The minimum absolute atomic E-state index is 0.311. The van der Waals surface area contributed by atoms with Crippen molar-refractivity contribution in [3.63, 3.8) is 0 Å². The number of carbonyl (C=O) groups is 1. The normalized spacial score (nSPS) is 39.6. The van der Waals surface area contributed by atoms with Gasteiger partial charge in [0.1, 0.15) is 0 Å². The number of hydrogen-bond acceptors (Lipinski definition) is 1. The van der Waals surface area contributed by atoms with Gasteiger partial charge in [0.05, 0.1) is 0 Å². The van der Waals surface area contributed by atoms with Gasteiger partial charge in [0.2, 0.25) is 5.91 Å². The van der Waals surface area contributed by atoms with Crippen LogP contribution in [0, 0.1) is 5.92 Å². The van der Waals surface area contributed by atoms with Gasteiger partial charge in [-0.25, -0.2) is 0 Å². The number of carbonyl (C=O) groups excluding carboxylic acids is 1. The Morgan fingerprint density at radius 1 is 1.22 bits per heavy atom. The van der Waals surface area contributed by atoms with Gasteiger partial charge >= 0.3 is 0 Å². The largest absolute Gasteiger partial charge is 0.334 e. The highest BCUT2D eigenvalue weighted by Crippen LogP contribution is 2.52. The van der Waals surface area contributed by atoms with E-state index in [2.05, 4.69) is 11.8 Å². The molecule has 0 unspecified atom stereocenters. The third-order valence-corrected chi connectivity index (χ3v) is 5.80. The van der Waals surface area contributed by atoms with Gasteiger partial charge in [-0.2, -0.15) is 0 Å². The molecule has 0 radical (unpaired) electrons. The molecule has 2 saturated heterocycles. The molecule has 3 fully saturated rings. The van der Waals surface area contributed by atoms with Crippen LogP contribution in [-0.2, 0) is 4.79 Å². The fourth-order valence-corrected chi connectivity index (χ4v) is 4.97. The molecule has 18 heavy (non-hydrogen) atoms. The lowest BCUT2D eigenvalue weighted by molar-refractivity contribution is -0.142. The molecule has 2 heteroatoms. The molecule has 1 aliphatic carbocycles. The molecule has 3 atom stereocenters. The first-order valence-electron chi connectivity index (χ1n) is 8.10. The van der Waals surface area contributed by atoms with Crippen molar-refractivity contribution < 1.29 is 4.79 Å². The van der Waals surface area contributed by atoms with Crippen LogP contribution in [0.15, 0.2) is 0 Å². The number of rotatable bonds is 3. The van der Waals surface area contributed by atoms with Gasteiger partial charge in [0.15, 0.2) is 0 Å². The highest BCUT2D eigenvalue weighted by molar-refractivity contribution is 5.80. The summed E-state index contributed by atoms with van der Waals surface area (Å²) in [7, 11) is 0. The number of hydrogen-bond donors (Lipinski definition) is 0. The Labute approximate surface area is 111 Å². The van der Waals surface area contributed by atoms with Crippen molar-refractivity contribution in [3.8, 4) is 0 Å². The van der Waals surface area contributed by atoms with E-state index < -0.39 is 0 Å². The molecule has 0 aromatic carbocycles. The van der Waals surface area contributed by atoms with Gasteiger partial charge in [0.25, 0.3) is 0 Å². The van der Waals surface area contributed by atoms with Crippen LogP contribution >= 0.6 is 0 Å². The van der Waals surface area contributed by atoms with Gasteiger partial charge in [-0.05, 0) is 44.4 Å². The van der Waals surface area contributed by atoms with Crippen LogP contribution < -0.4 is 0 Å². The van der Waals surface area contributed by atoms with Crippen LogP contribution in [0.4, 0.5) is 0 Å². The monoisotopic (exact) mass is 249 g/mol. The molecule has 2 nitrogen and oxygen atoms in total. The van der Waals surface area contributed by atoms with E-state index in [1.165, 1.54) is 64.2 Å². The summed E-state index contributed by atoms with van der Waals surface area (Å²) >= 11 is 0. The molecule has 2 heterocycles. The Hall–Kier alpha value is -0.530. The second-order valence-corrected chi connectivity index (χ2v) is 6.68. The quantitative estimate of drug-likeness (QED) is 0.743. The smallest absolute Gasteiger partial charge is 0.223 e. The number of amides is 1. The molecule has 1 saturated carbocycles. The van der Waals surface area contributed by atoms with Crippen molar-refractivity contribution in [1.82, 2.24) is 4.90 Å². The molecule has 3 rings (SSSR count). The van der Waals surface area contributed by atoms with E-state index in [4.69, 9.17) is 0 Å². The fourth-order valence-electron chi connectivity index (χ4n) is 4.97. The van der Waals surface area contributed by atoms with E-state index in [0.717, 1.165) is 12.3 Å². The summed E-state index contributed by atoms with van der Waals surface area (Å²) in [4.78, 5) is 14.8. The molecule has 1 amide bonds. The van der Waals surface area contributed by atoms with Gasteiger partial charge < -0.3 is 4.90 Å². The first kappa shape index (κ1) is 12.5. The Morgan fingerprint density at radius 3 is 2.94 bits per heavy atom. The molecule has 102 valence electrons. The van der Waals surface area contributed by atoms with Crippen molar-refractivity contribution >= 4 is 5.91 Å². The van der Waals surface area contributed by atoms with Crippen LogP contribution in [0.25, 0.3) is 0 Å². The Bertz CT molecular complexity index is 327. The Kier molecular flexibility index (Phi) is 3.38. The summed E-state index contributed by atoms with van der Waals surface area (Å²) in [5.41, 5.74) is 0.311. The van der Waals surface area contributed by atoms with Gasteiger partial charge in [-0.3, -0.25) is 4.79 Å². The van der Waals surface area contributed by atoms with Crippen LogP contribution in [0.3, 0.4) is 0 Å². The predicted octanol–water partition coefficient (Wildman–Crippen LogP) is 3.89. The summed E-state index contributed by atoms with van der Waals surface area (Å²) in [6, 6.07) is 0.578. The molecule has 3 aliphatic rings. The van der Waals surface area contributed by atoms with Crippen molar-refractivity contribution in [2.24, 2.45) is 5.92 Å². The zero-order valence-electron chi connectivity index (χ0n) is 11.8. The maximum absolute atomic E-state index is 12.4. The average Bonchev–Trinajstić information content (AvgIpc) is 2.73. The zero-order valence-corrected chi connectivity index (χ0v) is 11.8. The van der Waals surface area contributed by atoms with E-state index in [9.17, 15) is 4.79 Å². The maximum Gasteiger partial charge on any atom is 0.223 e. The first-order chi connectivity index (χ1) is 8.78. The molecule has 2 aliphatic heterocycles. The average molecular weight is 249 g/mol. The van der Waals surface area contributed by atoms with E-state index in [-0.39, 0.29) is 0 Å². The van der Waals surface area contributed by atoms with E-state index in [1.807, 2.05) is 0 Å². The molecule has 1 spiro atoms. The van der Waals surface area contributed by atoms with Crippen molar-refractivity contribution in [2.45, 2.75) is 89.1 Å². The lowest BCUT2D eigenvalue weighted by atomic mass is 9.66. The third-order valence-electron chi connectivity index (χ3n) is 5.80. The van der Waals surface area contributed by atoms with Crippen LogP contribution in [0.5, 0.6) is 0 Å². The first-order valence-corrected chi connectivity index (χ1v) is 8.10. The topological polar surface area (TPSA) is 20.3 Å². The minimum Gasteiger partial charge on any atom is -0.334 e. The minimum atomic E-state index is 0.311. The van der Waals surface area contributed by atoms with Crippen LogP contribution in [0.2, 0.25) is 0 Å². The molecular formula is C16H27NO. The lowest BCUT2D eigenvalue weighted by Crippen LogP contribution is -2.59. The van der Waals surface area contributed by atoms with Gasteiger partial charge in [-0.1, -0.05) is 32.6 Å². The van der Waals surface area contributed by atoms with Crippen molar-refractivity contribution in [2.75, 3.05) is 0 Å². The number of unbranched alkanes of at least 4 members (excludes halogenated alkanes) is 1.